The van der Waals surface area contributed by atoms with Crippen LogP contribution in [0.2, 0.25) is 0 Å². The van der Waals surface area contributed by atoms with Crippen LogP contribution < -0.4 is 16.0 Å². The van der Waals surface area contributed by atoms with Gasteiger partial charge >= 0.3 is 6.16 Å². The molecule has 1 saturated heterocycles. The Morgan fingerprint density at radius 3 is 2.69 bits per heavy atom. The van der Waals surface area contributed by atoms with Crippen LogP contribution >= 0.6 is 0 Å². The summed E-state index contributed by atoms with van der Waals surface area (Å²) in [5.41, 5.74) is 2.53. The molecule has 49 heavy (non-hydrogen) atoms. The van der Waals surface area contributed by atoms with E-state index < -0.39 is 17.8 Å². The summed E-state index contributed by atoms with van der Waals surface area (Å²) < 4.78 is 21.2. The molecule has 1 aliphatic carbocycles. The zero-order chi connectivity index (χ0) is 34.6. The standard InChI is InChI=1S/C34H48N10O5/c1-5-48-33(45)49-25(4)44-42-32(41-43-44)20-47-19-24(3)38-26-9-11-27(12-10-26)39-31-17-28(23(2)18-36-31)29-7-6-8-30(40-29)37-22-34(21-35)13-15-46-16-14-34/h6-8,17-18,24-27,38H,5,9-16,19-20,22H2,1-4H3,(H,36,39)(H,37,40)/t24-,25+,26-,27-/m0/s1. The smallest absolute Gasteiger partial charge is 0.435 e. The number of tetrazole rings is 1. The Morgan fingerprint density at radius 2 is 1.94 bits per heavy atom. The molecule has 0 amide bonds. The minimum absolute atomic E-state index is 0.150. The summed E-state index contributed by atoms with van der Waals surface area (Å²) >= 11 is 0. The fourth-order valence-corrected chi connectivity index (χ4v) is 6.11. The van der Waals surface area contributed by atoms with Crippen molar-refractivity contribution in [3.8, 4) is 17.3 Å². The number of carbonyl (C=O) groups excluding carboxylic acids is 1. The number of anilines is 2. The van der Waals surface area contributed by atoms with E-state index in [4.69, 9.17) is 23.9 Å². The summed E-state index contributed by atoms with van der Waals surface area (Å²) in [6, 6.07) is 11.4. The van der Waals surface area contributed by atoms with Crippen LogP contribution in [-0.4, -0.2) is 87.4 Å². The lowest BCUT2D eigenvalue weighted by molar-refractivity contribution is -0.00552. The minimum Gasteiger partial charge on any atom is -0.435 e. The zero-order valence-corrected chi connectivity index (χ0v) is 28.9. The van der Waals surface area contributed by atoms with Crippen LogP contribution in [0, 0.1) is 23.7 Å². The Balaban J connectivity index is 1.04. The van der Waals surface area contributed by atoms with Gasteiger partial charge in [0.25, 0.3) is 0 Å². The van der Waals surface area contributed by atoms with Gasteiger partial charge in [-0.25, -0.2) is 14.8 Å². The molecule has 0 unspecified atom stereocenters. The third-order valence-corrected chi connectivity index (χ3v) is 8.95. The summed E-state index contributed by atoms with van der Waals surface area (Å²) in [6.45, 7) is 10.2. The lowest BCUT2D eigenvalue weighted by atomic mass is 9.82. The van der Waals surface area contributed by atoms with Crippen molar-refractivity contribution in [2.75, 3.05) is 43.6 Å². The third kappa shape index (κ3) is 10.3. The van der Waals surface area contributed by atoms with Crippen LogP contribution in [0.4, 0.5) is 16.4 Å². The quantitative estimate of drug-likeness (QED) is 0.187. The highest BCUT2D eigenvalue weighted by Gasteiger charge is 2.32. The van der Waals surface area contributed by atoms with Crippen LogP contribution in [0.1, 0.15) is 76.9 Å². The Hall–Kier alpha value is -4.39. The average molecular weight is 677 g/mol. The molecule has 3 N–H and O–H groups in total. The molecule has 2 aliphatic rings. The van der Waals surface area contributed by atoms with Gasteiger partial charge in [0.15, 0.2) is 0 Å². The largest absolute Gasteiger partial charge is 0.510 e. The van der Waals surface area contributed by atoms with Crippen LogP contribution in [0.3, 0.4) is 0 Å². The predicted octanol–water partition coefficient (Wildman–Crippen LogP) is 4.78. The molecule has 15 nitrogen and oxygen atoms in total. The fourth-order valence-electron chi connectivity index (χ4n) is 6.11. The molecule has 3 aromatic rings. The summed E-state index contributed by atoms with van der Waals surface area (Å²) in [6.07, 6.45) is 5.97. The first-order valence-electron chi connectivity index (χ1n) is 17.1. The Labute approximate surface area is 287 Å². The number of aryl methyl sites for hydroxylation is 1. The highest BCUT2D eigenvalue weighted by Crippen LogP contribution is 2.31. The Bertz CT molecular complexity index is 1550. The number of ether oxygens (including phenoxy) is 4. The molecule has 0 spiro atoms. The maximum Gasteiger partial charge on any atom is 0.510 e. The number of carbonyl (C=O) groups is 1. The molecule has 15 heteroatoms. The van der Waals surface area contributed by atoms with Crippen LogP contribution in [0.5, 0.6) is 0 Å². The molecule has 0 bridgehead atoms. The van der Waals surface area contributed by atoms with E-state index in [-0.39, 0.29) is 19.3 Å². The van der Waals surface area contributed by atoms with Crippen molar-refractivity contribution >= 4 is 17.8 Å². The monoisotopic (exact) mass is 676 g/mol. The van der Waals surface area contributed by atoms with E-state index in [2.05, 4.69) is 55.4 Å². The van der Waals surface area contributed by atoms with Gasteiger partial charge in [0.1, 0.15) is 18.2 Å². The predicted molar refractivity (Wildman–Crippen MR) is 181 cm³/mol. The number of pyridine rings is 2. The van der Waals surface area contributed by atoms with Gasteiger partial charge in [-0.15, -0.1) is 15.0 Å². The molecule has 4 heterocycles. The maximum atomic E-state index is 11.5. The number of nitrogens with one attached hydrogen (secondary N) is 3. The van der Waals surface area contributed by atoms with Crippen molar-refractivity contribution in [1.29, 1.82) is 5.26 Å². The van der Waals surface area contributed by atoms with Crippen LogP contribution in [0.15, 0.2) is 30.5 Å². The van der Waals surface area contributed by atoms with Gasteiger partial charge in [0, 0.05) is 49.6 Å². The van der Waals surface area contributed by atoms with E-state index in [1.165, 1.54) is 4.80 Å². The molecule has 5 rings (SSSR count). The first kappa shape index (κ1) is 35.9. The van der Waals surface area contributed by atoms with Crippen LogP contribution in [-0.2, 0) is 25.6 Å². The number of hydrogen-bond donors (Lipinski definition) is 3. The van der Waals surface area contributed by atoms with Gasteiger partial charge in [-0.2, -0.15) is 5.26 Å². The van der Waals surface area contributed by atoms with E-state index >= 15 is 0 Å². The normalized spacial score (nSPS) is 20.1. The molecule has 0 aromatic carbocycles. The Morgan fingerprint density at radius 1 is 1.16 bits per heavy atom. The van der Waals surface area contributed by atoms with Crippen molar-refractivity contribution < 1.29 is 23.7 Å². The van der Waals surface area contributed by atoms with E-state index in [1.54, 1.807) is 13.8 Å². The summed E-state index contributed by atoms with van der Waals surface area (Å²) in [5.74, 6) is 2.01. The second-order valence-electron chi connectivity index (χ2n) is 12.9. The van der Waals surface area contributed by atoms with Crippen molar-refractivity contribution in [3.05, 3.63) is 41.9 Å². The zero-order valence-electron chi connectivity index (χ0n) is 28.9. The van der Waals surface area contributed by atoms with Crippen molar-refractivity contribution in [1.82, 2.24) is 35.5 Å². The van der Waals surface area contributed by atoms with Gasteiger partial charge in [0.2, 0.25) is 12.1 Å². The molecular formula is C34H48N10O5. The van der Waals surface area contributed by atoms with Gasteiger partial charge < -0.3 is 34.9 Å². The van der Waals surface area contributed by atoms with E-state index in [0.29, 0.717) is 44.3 Å². The number of rotatable bonds is 15. The lowest BCUT2D eigenvalue weighted by Gasteiger charge is -2.32. The topological polar surface area (TPSA) is 183 Å². The second-order valence-corrected chi connectivity index (χ2v) is 12.9. The van der Waals surface area contributed by atoms with Crippen LogP contribution in [0.25, 0.3) is 11.3 Å². The number of nitrogens with zero attached hydrogens (tertiary/aromatic N) is 7. The van der Waals surface area contributed by atoms with Gasteiger partial charge in [0.05, 0.1) is 30.4 Å². The molecule has 2 fully saturated rings. The third-order valence-electron chi connectivity index (χ3n) is 8.95. The highest BCUT2D eigenvalue weighted by molar-refractivity contribution is 5.68. The SMILES string of the molecule is CCOC(=O)O[C@H](C)n1nnc(COC[C@H](C)N[C@H]2CC[C@H](Nc3cc(-c4cccc(NCC5(C#N)CCOCC5)n4)c(C)cn3)CC2)n1. The fraction of sp³-hybridized carbons (Fsp3) is 0.618. The Kier molecular flexibility index (Phi) is 12.7. The lowest BCUT2D eigenvalue weighted by Crippen LogP contribution is -2.43. The van der Waals surface area contributed by atoms with Gasteiger partial charge in [-0.05, 0) is 95.2 Å². The maximum absolute atomic E-state index is 11.5. The van der Waals surface area contributed by atoms with Crippen molar-refractivity contribution in [3.63, 3.8) is 0 Å². The molecule has 264 valence electrons. The highest BCUT2D eigenvalue weighted by atomic mass is 16.7. The average Bonchev–Trinajstić information content (AvgIpc) is 3.59. The number of nitriles is 1. The molecular weight excluding hydrogens is 628 g/mol. The van der Waals surface area contributed by atoms with E-state index in [1.807, 2.05) is 31.3 Å². The molecule has 3 aromatic heterocycles. The first-order chi connectivity index (χ1) is 23.8. The first-order valence-corrected chi connectivity index (χ1v) is 17.1. The summed E-state index contributed by atoms with van der Waals surface area (Å²) in [5, 5.41) is 32.7. The summed E-state index contributed by atoms with van der Waals surface area (Å²) in [4.78, 5) is 22.3. The second kappa shape index (κ2) is 17.3. The van der Waals surface area contributed by atoms with Gasteiger partial charge in [-0.1, -0.05) is 6.07 Å². The van der Waals surface area contributed by atoms with Crippen molar-refractivity contribution in [2.24, 2.45) is 5.41 Å². The number of hydrogen-bond acceptors (Lipinski definition) is 14. The van der Waals surface area contributed by atoms with Crippen molar-refractivity contribution in [2.45, 2.75) is 97.2 Å². The molecule has 1 aliphatic heterocycles. The summed E-state index contributed by atoms with van der Waals surface area (Å²) in [7, 11) is 0. The number of aromatic nitrogens is 6. The molecule has 2 atom stereocenters. The minimum atomic E-state index is -0.780. The van der Waals surface area contributed by atoms with Gasteiger partial charge in [-0.3, -0.25) is 0 Å². The van der Waals surface area contributed by atoms with E-state index in [9.17, 15) is 10.1 Å². The molecule has 0 radical (unpaired) electrons. The molecule has 1 saturated carbocycles. The van der Waals surface area contributed by atoms with E-state index in [0.717, 1.165) is 67.0 Å².